The summed E-state index contributed by atoms with van der Waals surface area (Å²) in [6.07, 6.45) is 0.649. The van der Waals surface area contributed by atoms with Gasteiger partial charge in [0, 0.05) is 6.54 Å². The van der Waals surface area contributed by atoms with Crippen molar-refractivity contribution in [3.8, 4) is 11.5 Å². The molecule has 0 unspecified atom stereocenters. The second-order valence-electron chi connectivity index (χ2n) is 5.89. The Labute approximate surface area is 149 Å². The van der Waals surface area contributed by atoms with Crippen molar-refractivity contribution in [1.29, 1.82) is 0 Å². The summed E-state index contributed by atoms with van der Waals surface area (Å²) < 4.78 is 15.7. The van der Waals surface area contributed by atoms with Crippen molar-refractivity contribution >= 4 is 30.1 Å². The second kappa shape index (κ2) is 6.59. The summed E-state index contributed by atoms with van der Waals surface area (Å²) in [6, 6.07) is 8.96. The first-order valence-corrected chi connectivity index (χ1v) is 8.28. The van der Waals surface area contributed by atoms with E-state index in [1.165, 1.54) is 0 Å². The fraction of sp³-hybridized carbons (Fsp3) is 0.235. The van der Waals surface area contributed by atoms with Gasteiger partial charge in [-0.2, -0.15) is 0 Å². The summed E-state index contributed by atoms with van der Waals surface area (Å²) in [5.74, 6) is 1.17. The molecule has 1 amide bonds. The van der Waals surface area contributed by atoms with Gasteiger partial charge in [0.25, 0.3) is 5.91 Å². The molecule has 0 atom stereocenters. The lowest BCUT2D eigenvalue weighted by Crippen LogP contribution is -2.31. The van der Waals surface area contributed by atoms with Gasteiger partial charge in [-0.1, -0.05) is 17.7 Å². The Bertz CT molecular complexity index is 844. The lowest BCUT2D eigenvalue weighted by atomic mass is 9.78. The van der Waals surface area contributed by atoms with E-state index in [1.807, 2.05) is 18.2 Å². The molecule has 2 aliphatic heterocycles. The van der Waals surface area contributed by atoms with Crippen molar-refractivity contribution in [2.45, 2.75) is 13.0 Å². The molecule has 6 nitrogen and oxygen atoms in total. The standard InChI is InChI=1S/C17H15BClNO5/c19-14-6-11-8-25-18(22)13(11)7-12(14)17(21)20-4-3-10-1-2-15-16(5-10)24-9-23-15/h1-2,5-7,22H,3-4,8-9H2,(H,20,21). The zero-order chi connectivity index (χ0) is 17.4. The molecule has 0 aromatic heterocycles. The van der Waals surface area contributed by atoms with E-state index >= 15 is 0 Å². The number of amides is 1. The summed E-state index contributed by atoms with van der Waals surface area (Å²) in [6.45, 7) is 0.981. The van der Waals surface area contributed by atoms with Crippen LogP contribution in [0.4, 0.5) is 0 Å². The van der Waals surface area contributed by atoms with E-state index in [0.29, 0.717) is 35.6 Å². The van der Waals surface area contributed by atoms with E-state index in [9.17, 15) is 9.82 Å². The molecule has 4 rings (SSSR count). The minimum Gasteiger partial charge on any atom is -0.454 e. The van der Waals surface area contributed by atoms with Crippen LogP contribution in [0, 0.1) is 0 Å². The molecule has 0 radical (unpaired) electrons. The summed E-state index contributed by atoms with van der Waals surface area (Å²) in [5, 5.41) is 12.9. The van der Waals surface area contributed by atoms with Crippen LogP contribution in [-0.4, -0.2) is 31.4 Å². The lowest BCUT2D eigenvalue weighted by Gasteiger charge is -2.09. The molecule has 0 bridgehead atoms. The highest BCUT2D eigenvalue weighted by molar-refractivity contribution is 6.61. The van der Waals surface area contributed by atoms with Crippen LogP contribution in [0.5, 0.6) is 11.5 Å². The van der Waals surface area contributed by atoms with Gasteiger partial charge in [-0.3, -0.25) is 4.79 Å². The van der Waals surface area contributed by atoms with Gasteiger partial charge in [0.05, 0.1) is 17.2 Å². The molecule has 0 saturated heterocycles. The third kappa shape index (κ3) is 3.18. The SMILES string of the molecule is O=C(NCCc1ccc2c(c1)OCO2)c1cc2c(cc1Cl)COB2O. The Kier molecular flexibility index (Phi) is 4.29. The molecule has 25 heavy (non-hydrogen) atoms. The molecule has 0 aliphatic carbocycles. The zero-order valence-corrected chi connectivity index (χ0v) is 14.0. The largest absolute Gasteiger partial charge is 0.491 e. The first-order valence-electron chi connectivity index (χ1n) is 7.90. The van der Waals surface area contributed by atoms with Crippen molar-refractivity contribution in [3.63, 3.8) is 0 Å². The number of nitrogens with one attached hydrogen (secondary N) is 1. The number of hydrogen-bond acceptors (Lipinski definition) is 5. The average molecular weight is 360 g/mol. The van der Waals surface area contributed by atoms with Gasteiger partial charge in [0.2, 0.25) is 6.79 Å². The predicted octanol–water partition coefficient (Wildman–Crippen LogP) is 1.26. The minimum atomic E-state index is -1.01. The normalized spacial score (nSPS) is 14.6. The molecule has 2 aromatic carbocycles. The highest BCUT2D eigenvalue weighted by Crippen LogP contribution is 2.32. The Morgan fingerprint density at radius 2 is 2.08 bits per heavy atom. The maximum Gasteiger partial charge on any atom is 0.491 e. The van der Waals surface area contributed by atoms with Crippen molar-refractivity contribution in [1.82, 2.24) is 5.32 Å². The van der Waals surface area contributed by atoms with Gasteiger partial charge >= 0.3 is 7.12 Å². The van der Waals surface area contributed by atoms with Crippen LogP contribution >= 0.6 is 11.6 Å². The molecule has 2 heterocycles. The van der Waals surface area contributed by atoms with Crippen LogP contribution in [0.15, 0.2) is 30.3 Å². The topological polar surface area (TPSA) is 77.0 Å². The Balaban J connectivity index is 1.40. The third-order valence-corrected chi connectivity index (χ3v) is 4.59. The molecule has 128 valence electrons. The fourth-order valence-corrected chi connectivity index (χ4v) is 3.20. The van der Waals surface area contributed by atoms with Gasteiger partial charge in [0.15, 0.2) is 11.5 Å². The summed E-state index contributed by atoms with van der Waals surface area (Å²) in [5.41, 5.74) is 2.75. The first kappa shape index (κ1) is 16.3. The van der Waals surface area contributed by atoms with Crippen LogP contribution in [0.3, 0.4) is 0 Å². The van der Waals surface area contributed by atoms with E-state index in [-0.39, 0.29) is 12.7 Å². The molecular formula is C17H15BClNO5. The average Bonchev–Trinajstić information content (AvgIpc) is 3.20. The number of carbonyl (C=O) groups excluding carboxylic acids is 1. The molecule has 0 saturated carbocycles. The van der Waals surface area contributed by atoms with Crippen LogP contribution in [0.25, 0.3) is 0 Å². The number of benzene rings is 2. The van der Waals surface area contributed by atoms with Crippen LogP contribution in [0.1, 0.15) is 21.5 Å². The lowest BCUT2D eigenvalue weighted by molar-refractivity contribution is 0.0954. The monoisotopic (exact) mass is 359 g/mol. The summed E-state index contributed by atoms with van der Waals surface area (Å²) >= 11 is 6.18. The van der Waals surface area contributed by atoms with Crippen LogP contribution in [0.2, 0.25) is 5.02 Å². The van der Waals surface area contributed by atoms with E-state index in [1.54, 1.807) is 12.1 Å². The summed E-state index contributed by atoms with van der Waals surface area (Å²) in [4.78, 5) is 12.4. The Hall–Kier alpha value is -2.22. The van der Waals surface area contributed by atoms with Crippen molar-refractivity contribution in [3.05, 3.63) is 52.0 Å². The predicted molar refractivity (Wildman–Crippen MR) is 92.5 cm³/mol. The Morgan fingerprint density at radius 3 is 2.96 bits per heavy atom. The number of rotatable bonds is 4. The van der Waals surface area contributed by atoms with Gasteiger partial charge in [-0.05, 0) is 47.3 Å². The first-order chi connectivity index (χ1) is 12.1. The Morgan fingerprint density at radius 1 is 1.24 bits per heavy atom. The van der Waals surface area contributed by atoms with Gasteiger partial charge in [-0.15, -0.1) is 0 Å². The van der Waals surface area contributed by atoms with E-state index in [0.717, 1.165) is 22.6 Å². The molecule has 2 N–H and O–H groups in total. The number of halogens is 1. The molecule has 2 aliphatic rings. The second-order valence-corrected chi connectivity index (χ2v) is 6.29. The number of hydrogen-bond donors (Lipinski definition) is 2. The molecule has 0 spiro atoms. The smallest absolute Gasteiger partial charge is 0.454 e. The summed E-state index contributed by atoms with van der Waals surface area (Å²) in [7, 11) is -1.01. The van der Waals surface area contributed by atoms with Gasteiger partial charge in [0.1, 0.15) is 0 Å². The van der Waals surface area contributed by atoms with Crippen molar-refractivity contribution in [2.24, 2.45) is 0 Å². The van der Waals surface area contributed by atoms with E-state index in [4.69, 9.17) is 25.7 Å². The zero-order valence-electron chi connectivity index (χ0n) is 13.3. The number of ether oxygens (including phenoxy) is 2. The molecule has 2 aromatic rings. The molecule has 0 fully saturated rings. The number of fused-ring (bicyclic) bond motifs is 2. The van der Waals surface area contributed by atoms with Crippen molar-refractivity contribution in [2.75, 3.05) is 13.3 Å². The fourth-order valence-electron chi connectivity index (χ4n) is 2.93. The van der Waals surface area contributed by atoms with Crippen LogP contribution < -0.4 is 20.3 Å². The highest BCUT2D eigenvalue weighted by atomic mass is 35.5. The van der Waals surface area contributed by atoms with Crippen LogP contribution in [-0.2, 0) is 17.7 Å². The number of carbonyl (C=O) groups is 1. The van der Waals surface area contributed by atoms with Gasteiger partial charge < -0.3 is 24.5 Å². The third-order valence-electron chi connectivity index (χ3n) is 4.27. The van der Waals surface area contributed by atoms with Gasteiger partial charge in [-0.25, -0.2) is 0 Å². The molecule has 8 heteroatoms. The van der Waals surface area contributed by atoms with E-state index in [2.05, 4.69) is 5.32 Å². The quantitative estimate of drug-likeness (QED) is 0.804. The van der Waals surface area contributed by atoms with Crippen molar-refractivity contribution < 1.29 is 23.9 Å². The minimum absolute atomic E-state index is 0.238. The molecular weight excluding hydrogens is 344 g/mol. The maximum absolute atomic E-state index is 12.4. The van der Waals surface area contributed by atoms with E-state index < -0.39 is 7.12 Å². The highest BCUT2D eigenvalue weighted by Gasteiger charge is 2.29. The maximum atomic E-state index is 12.4.